The van der Waals surface area contributed by atoms with Crippen molar-refractivity contribution in [1.29, 1.82) is 0 Å². The van der Waals surface area contributed by atoms with Gasteiger partial charge in [-0.1, -0.05) is 30.7 Å². The van der Waals surface area contributed by atoms with Crippen LogP contribution in [0, 0.1) is 0 Å². The standard InChI is InChI=1S/C18H13ClO4/c1-2-17(20)22-14-8-5-12-9-15(18(21)23-16(12)10-14)11-3-6-13(19)7-4-11/h3-10H,2H2,1H3. The van der Waals surface area contributed by atoms with Gasteiger partial charge in [0.1, 0.15) is 11.3 Å². The van der Waals surface area contributed by atoms with Crippen molar-refractivity contribution in [2.45, 2.75) is 13.3 Å². The van der Waals surface area contributed by atoms with E-state index < -0.39 is 5.63 Å². The minimum absolute atomic E-state index is 0.275. The molecule has 2 aromatic carbocycles. The Hall–Kier alpha value is -2.59. The van der Waals surface area contributed by atoms with Crippen molar-refractivity contribution < 1.29 is 13.9 Å². The molecule has 0 atom stereocenters. The van der Waals surface area contributed by atoms with E-state index in [9.17, 15) is 9.59 Å². The highest BCUT2D eigenvalue weighted by molar-refractivity contribution is 6.30. The molecule has 5 heteroatoms. The summed E-state index contributed by atoms with van der Waals surface area (Å²) in [6, 6.07) is 13.7. The quantitative estimate of drug-likeness (QED) is 0.405. The topological polar surface area (TPSA) is 56.5 Å². The van der Waals surface area contributed by atoms with Crippen LogP contribution >= 0.6 is 11.6 Å². The van der Waals surface area contributed by atoms with Gasteiger partial charge in [0.2, 0.25) is 0 Å². The predicted octanol–water partition coefficient (Wildman–Crippen LogP) is 4.43. The summed E-state index contributed by atoms with van der Waals surface area (Å²) >= 11 is 5.86. The first-order valence-corrected chi connectivity index (χ1v) is 7.49. The first-order chi connectivity index (χ1) is 11.1. The number of esters is 1. The number of carbonyl (C=O) groups is 1. The lowest BCUT2D eigenvalue weighted by Crippen LogP contribution is -2.06. The summed E-state index contributed by atoms with van der Waals surface area (Å²) in [4.78, 5) is 23.5. The molecule has 0 aliphatic heterocycles. The predicted molar refractivity (Wildman–Crippen MR) is 88.9 cm³/mol. The average Bonchev–Trinajstić information content (AvgIpc) is 2.55. The van der Waals surface area contributed by atoms with Gasteiger partial charge in [0.15, 0.2) is 0 Å². The van der Waals surface area contributed by atoms with E-state index in [1.165, 1.54) is 6.07 Å². The van der Waals surface area contributed by atoms with E-state index in [1.807, 2.05) is 0 Å². The van der Waals surface area contributed by atoms with Gasteiger partial charge in [0.05, 0.1) is 5.56 Å². The maximum Gasteiger partial charge on any atom is 0.344 e. The maximum atomic E-state index is 12.2. The molecule has 0 bridgehead atoms. The van der Waals surface area contributed by atoms with E-state index in [1.54, 1.807) is 49.4 Å². The molecule has 0 fully saturated rings. The second-order valence-electron chi connectivity index (χ2n) is 4.98. The fraction of sp³-hybridized carbons (Fsp3) is 0.111. The highest BCUT2D eigenvalue weighted by atomic mass is 35.5. The Kier molecular flexibility index (Phi) is 4.17. The highest BCUT2D eigenvalue weighted by Crippen LogP contribution is 2.25. The van der Waals surface area contributed by atoms with E-state index in [2.05, 4.69) is 0 Å². The van der Waals surface area contributed by atoms with Gasteiger partial charge in [-0.2, -0.15) is 0 Å². The molecular weight excluding hydrogens is 316 g/mol. The molecule has 4 nitrogen and oxygen atoms in total. The van der Waals surface area contributed by atoms with Crippen LogP contribution in [-0.4, -0.2) is 5.97 Å². The van der Waals surface area contributed by atoms with Gasteiger partial charge >= 0.3 is 11.6 Å². The van der Waals surface area contributed by atoms with Crippen molar-refractivity contribution in [2.24, 2.45) is 0 Å². The van der Waals surface area contributed by atoms with Crippen molar-refractivity contribution >= 4 is 28.5 Å². The van der Waals surface area contributed by atoms with Crippen LogP contribution in [-0.2, 0) is 4.79 Å². The van der Waals surface area contributed by atoms with Crippen LogP contribution in [0.1, 0.15) is 13.3 Å². The van der Waals surface area contributed by atoms with Crippen LogP contribution in [0.4, 0.5) is 0 Å². The zero-order valence-corrected chi connectivity index (χ0v) is 13.1. The highest BCUT2D eigenvalue weighted by Gasteiger charge is 2.10. The van der Waals surface area contributed by atoms with Crippen LogP contribution in [0.3, 0.4) is 0 Å². The van der Waals surface area contributed by atoms with Gasteiger partial charge < -0.3 is 9.15 Å². The molecule has 1 heterocycles. The largest absolute Gasteiger partial charge is 0.426 e. The Bertz CT molecular complexity index is 926. The summed E-state index contributed by atoms with van der Waals surface area (Å²) in [5.74, 6) is 0.0104. The molecule has 0 radical (unpaired) electrons. The van der Waals surface area contributed by atoms with E-state index in [4.69, 9.17) is 20.8 Å². The first kappa shape index (κ1) is 15.3. The molecule has 0 unspecified atom stereocenters. The molecule has 0 amide bonds. The maximum absolute atomic E-state index is 12.2. The Morgan fingerprint density at radius 1 is 1.13 bits per heavy atom. The van der Waals surface area contributed by atoms with Gasteiger partial charge in [0.25, 0.3) is 0 Å². The summed E-state index contributed by atoms with van der Waals surface area (Å²) in [6.45, 7) is 1.71. The number of ether oxygens (including phenoxy) is 1. The summed E-state index contributed by atoms with van der Waals surface area (Å²) in [6.07, 6.45) is 0.275. The molecule has 0 aliphatic carbocycles. The second-order valence-corrected chi connectivity index (χ2v) is 5.42. The SMILES string of the molecule is CCC(=O)Oc1ccc2cc(-c3ccc(Cl)cc3)c(=O)oc2c1. The van der Waals surface area contributed by atoms with Crippen molar-refractivity contribution in [3.8, 4) is 16.9 Å². The van der Waals surface area contributed by atoms with Crippen LogP contribution in [0.2, 0.25) is 5.02 Å². The Balaban J connectivity index is 2.05. The molecule has 1 aromatic heterocycles. The second kappa shape index (κ2) is 6.26. The zero-order valence-electron chi connectivity index (χ0n) is 12.3. The number of carbonyl (C=O) groups excluding carboxylic acids is 1. The van der Waals surface area contributed by atoms with Crippen molar-refractivity contribution in [3.05, 3.63) is 64.0 Å². The number of hydrogen-bond donors (Lipinski definition) is 0. The van der Waals surface area contributed by atoms with E-state index in [0.717, 1.165) is 10.9 Å². The fourth-order valence-electron chi connectivity index (χ4n) is 2.19. The molecule has 116 valence electrons. The van der Waals surface area contributed by atoms with Crippen LogP contribution in [0.25, 0.3) is 22.1 Å². The third-order valence-electron chi connectivity index (χ3n) is 3.38. The first-order valence-electron chi connectivity index (χ1n) is 7.11. The smallest absolute Gasteiger partial charge is 0.344 e. The molecule has 0 N–H and O–H groups in total. The van der Waals surface area contributed by atoms with Gasteiger partial charge in [0, 0.05) is 22.9 Å². The van der Waals surface area contributed by atoms with Gasteiger partial charge in [-0.05, 0) is 35.9 Å². The Morgan fingerprint density at radius 3 is 2.57 bits per heavy atom. The minimum Gasteiger partial charge on any atom is -0.426 e. The number of rotatable bonds is 3. The fourth-order valence-corrected chi connectivity index (χ4v) is 2.32. The molecule has 23 heavy (non-hydrogen) atoms. The Labute approximate surface area is 137 Å². The van der Waals surface area contributed by atoms with Crippen molar-refractivity contribution in [1.82, 2.24) is 0 Å². The van der Waals surface area contributed by atoms with Crippen LogP contribution < -0.4 is 10.4 Å². The lowest BCUT2D eigenvalue weighted by atomic mass is 10.1. The normalized spacial score (nSPS) is 10.7. The molecule has 3 aromatic rings. The third-order valence-corrected chi connectivity index (χ3v) is 3.64. The molecule has 0 aliphatic rings. The van der Waals surface area contributed by atoms with Gasteiger partial charge in [-0.15, -0.1) is 0 Å². The van der Waals surface area contributed by atoms with Crippen LogP contribution in [0.15, 0.2) is 57.7 Å². The van der Waals surface area contributed by atoms with E-state index in [0.29, 0.717) is 21.9 Å². The molecule has 0 saturated heterocycles. The third kappa shape index (κ3) is 3.27. The van der Waals surface area contributed by atoms with Crippen molar-refractivity contribution in [2.75, 3.05) is 0 Å². The monoisotopic (exact) mass is 328 g/mol. The van der Waals surface area contributed by atoms with E-state index in [-0.39, 0.29) is 12.4 Å². The summed E-state index contributed by atoms with van der Waals surface area (Å²) in [5.41, 5.74) is 1.09. The molecule has 0 spiro atoms. The van der Waals surface area contributed by atoms with E-state index >= 15 is 0 Å². The minimum atomic E-state index is -0.459. The lowest BCUT2D eigenvalue weighted by Gasteiger charge is -2.05. The van der Waals surface area contributed by atoms with Crippen LogP contribution in [0.5, 0.6) is 5.75 Å². The Morgan fingerprint density at radius 2 is 1.87 bits per heavy atom. The summed E-state index contributed by atoms with van der Waals surface area (Å²) < 4.78 is 10.5. The number of hydrogen-bond acceptors (Lipinski definition) is 4. The summed E-state index contributed by atoms with van der Waals surface area (Å²) in [5, 5.41) is 1.34. The van der Waals surface area contributed by atoms with Gasteiger partial charge in [-0.25, -0.2) is 4.79 Å². The zero-order chi connectivity index (χ0) is 16.4. The number of fused-ring (bicyclic) bond motifs is 1. The number of benzene rings is 2. The van der Waals surface area contributed by atoms with Gasteiger partial charge in [-0.3, -0.25) is 4.79 Å². The average molecular weight is 329 g/mol. The number of halogens is 1. The lowest BCUT2D eigenvalue weighted by molar-refractivity contribution is -0.134. The molecular formula is C18H13ClO4. The molecule has 3 rings (SSSR count). The van der Waals surface area contributed by atoms with Crippen molar-refractivity contribution in [3.63, 3.8) is 0 Å². The summed E-state index contributed by atoms with van der Waals surface area (Å²) in [7, 11) is 0. The molecule has 0 saturated carbocycles.